The molecule has 1 heterocycles. The molecule has 1 aromatic carbocycles. The van der Waals surface area contributed by atoms with Gasteiger partial charge in [-0.2, -0.15) is 5.26 Å². The normalized spacial score (nSPS) is 11.9. The topological polar surface area (TPSA) is 70.2 Å². The maximum Gasteiger partial charge on any atom is 0.250 e. The van der Waals surface area contributed by atoms with E-state index in [0.717, 1.165) is 22.8 Å². The van der Waals surface area contributed by atoms with Gasteiger partial charge in [-0.15, -0.1) is 0 Å². The molecule has 27 heavy (non-hydrogen) atoms. The van der Waals surface area contributed by atoms with Crippen molar-refractivity contribution >= 4 is 19.7 Å². The molecule has 0 unspecified atom stereocenters. The smallest absolute Gasteiger partial charge is 0.250 e. The van der Waals surface area contributed by atoms with Crippen molar-refractivity contribution in [2.75, 3.05) is 11.9 Å². The number of hydrogen-bond acceptors (Lipinski definition) is 4. The first-order valence-electron chi connectivity index (χ1n) is 9.34. The van der Waals surface area contributed by atoms with Gasteiger partial charge >= 0.3 is 0 Å². The third-order valence-electron chi connectivity index (χ3n) is 5.36. The van der Waals surface area contributed by atoms with E-state index in [1.165, 1.54) is 0 Å². The molecule has 0 amide bonds. The molecule has 0 spiro atoms. The van der Waals surface area contributed by atoms with E-state index in [0.29, 0.717) is 18.5 Å². The fourth-order valence-corrected chi connectivity index (χ4v) is 3.65. The van der Waals surface area contributed by atoms with Crippen LogP contribution in [0.4, 0.5) is 11.4 Å². The van der Waals surface area contributed by atoms with Gasteiger partial charge in [0, 0.05) is 25.0 Å². The third-order valence-corrected chi connectivity index (χ3v) is 9.72. The molecule has 0 saturated heterocycles. The zero-order valence-electron chi connectivity index (χ0n) is 17.3. The van der Waals surface area contributed by atoms with Gasteiger partial charge in [0.15, 0.2) is 0 Å². The third kappa shape index (κ3) is 4.94. The highest BCUT2D eigenvalue weighted by Crippen LogP contribution is 2.37. The van der Waals surface area contributed by atoms with Crippen molar-refractivity contribution in [3.63, 3.8) is 0 Å². The molecule has 0 aliphatic rings. The Labute approximate surface area is 163 Å². The average molecular weight is 386 g/mol. The lowest BCUT2D eigenvalue weighted by molar-refractivity contribution is 0.288. The lowest BCUT2D eigenvalue weighted by atomic mass is 10.2. The molecule has 0 fully saturated rings. The first kappa shape index (κ1) is 21.1. The molecule has 0 aliphatic heterocycles. The number of aliphatic hydroxyl groups is 1. The van der Waals surface area contributed by atoms with E-state index in [2.05, 4.69) is 45.3 Å². The molecule has 5 nitrogen and oxygen atoms in total. The van der Waals surface area contributed by atoms with E-state index in [1.54, 1.807) is 0 Å². The van der Waals surface area contributed by atoms with Crippen molar-refractivity contribution in [3.05, 3.63) is 41.7 Å². The molecule has 0 saturated carbocycles. The molecule has 0 radical (unpaired) electrons. The van der Waals surface area contributed by atoms with Crippen molar-refractivity contribution in [2.24, 2.45) is 7.05 Å². The van der Waals surface area contributed by atoms with E-state index in [-0.39, 0.29) is 11.6 Å². The number of aromatic nitrogens is 1. The largest absolute Gasteiger partial charge is 0.544 e. The van der Waals surface area contributed by atoms with Crippen molar-refractivity contribution in [1.29, 1.82) is 5.26 Å². The van der Waals surface area contributed by atoms with Crippen molar-refractivity contribution in [3.8, 4) is 11.8 Å². The van der Waals surface area contributed by atoms with E-state index in [1.807, 2.05) is 41.9 Å². The van der Waals surface area contributed by atoms with Crippen LogP contribution in [0.2, 0.25) is 18.1 Å². The lowest BCUT2D eigenvalue weighted by Crippen LogP contribution is -2.43. The summed E-state index contributed by atoms with van der Waals surface area (Å²) in [6, 6.07) is 12.0. The van der Waals surface area contributed by atoms with E-state index >= 15 is 0 Å². The number of anilines is 2. The predicted molar refractivity (Wildman–Crippen MR) is 113 cm³/mol. The Balaban J connectivity index is 2.19. The monoisotopic (exact) mass is 385 g/mol. The van der Waals surface area contributed by atoms with Gasteiger partial charge < -0.3 is 19.4 Å². The summed E-state index contributed by atoms with van der Waals surface area (Å²) in [5.41, 5.74) is 3.46. The Bertz CT molecular complexity index is 812. The van der Waals surface area contributed by atoms with Gasteiger partial charge in [-0.3, -0.25) is 0 Å². The number of nitrogens with zero attached hydrogens (tertiary/aromatic N) is 2. The summed E-state index contributed by atoms with van der Waals surface area (Å²) in [6.45, 7) is 11.3. The molecular formula is C21H31N3O2Si. The molecule has 2 N–H and O–H groups in total. The van der Waals surface area contributed by atoms with Crippen LogP contribution in [0.1, 0.15) is 38.6 Å². The van der Waals surface area contributed by atoms with Gasteiger partial charge in [-0.05, 0) is 61.3 Å². The second-order valence-electron chi connectivity index (χ2n) is 8.40. The van der Waals surface area contributed by atoms with Crippen LogP contribution in [0.3, 0.4) is 0 Å². The van der Waals surface area contributed by atoms with Crippen LogP contribution in [0.5, 0.6) is 5.75 Å². The number of hydrogen-bond donors (Lipinski definition) is 2. The Hall–Kier alpha value is -2.23. The van der Waals surface area contributed by atoms with Crippen LogP contribution >= 0.6 is 0 Å². The Morgan fingerprint density at radius 1 is 1.22 bits per heavy atom. The quantitative estimate of drug-likeness (QED) is 0.662. The fraction of sp³-hybridized carbons (Fsp3) is 0.476. The zero-order chi connectivity index (χ0) is 20.2. The highest BCUT2D eigenvalue weighted by Gasteiger charge is 2.38. The average Bonchev–Trinajstić information content (AvgIpc) is 2.88. The Kier molecular flexibility index (Phi) is 6.40. The van der Waals surface area contributed by atoms with Crippen LogP contribution in [-0.4, -0.2) is 24.6 Å². The van der Waals surface area contributed by atoms with Crippen LogP contribution in [0.25, 0.3) is 0 Å². The molecule has 1 aromatic heterocycles. The zero-order valence-corrected chi connectivity index (χ0v) is 18.3. The van der Waals surface area contributed by atoms with E-state index < -0.39 is 8.32 Å². The summed E-state index contributed by atoms with van der Waals surface area (Å²) in [4.78, 5) is 0. The molecule has 2 aromatic rings. The molecular weight excluding hydrogens is 354 g/mol. The molecule has 0 atom stereocenters. The highest BCUT2D eigenvalue weighted by atomic mass is 28.4. The lowest BCUT2D eigenvalue weighted by Gasteiger charge is -2.36. The number of nitriles is 1. The summed E-state index contributed by atoms with van der Waals surface area (Å²) in [5, 5.41) is 22.0. The molecule has 146 valence electrons. The minimum Gasteiger partial charge on any atom is -0.544 e. The molecule has 2 rings (SSSR count). The second-order valence-corrected chi connectivity index (χ2v) is 13.1. The van der Waals surface area contributed by atoms with Crippen molar-refractivity contribution in [2.45, 2.75) is 51.7 Å². The van der Waals surface area contributed by atoms with Gasteiger partial charge in [0.05, 0.1) is 5.69 Å². The summed E-state index contributed by atoms with van der Waals surface area (Å²) >= 11 is 0. The summed E-state index contributed by atoms with van der Waals surface area (Å²) in [5.74, 6) is 0.887. The number of nitrogens with one attached hydrogen (secondary N) is 1. The van der Waals surface area contributed by atoms with Crippen LogP contribution < -0.4 is 9.74 Å². The standard InChI is InChI=1S/C21H31N3O2Si/c1-21(2,3)27(5,6)26-18-11-9-16(10-12-18)23-19-14-17(15-22)24(4)20(19)8-7-13-25/h9-12,14,23,25H,7-8,13H2,1-6H3. The van der Waals surface area contributed by atoms with Gasteiger partial charge in [-0.1, -0.05) is 20.8 Å². The maximum atomic E-state index is 9.30. The summed E-state index contributed by atoms with van der Waals surface area (Å²) in [6.07, 6.45) is 1.38. The van der Waals surface area contributed by atoms with E-state index in [9.17, 15) is 5.26 Å². The van der Waals surface area contributed by atoms with Crippen LogP contribution in [-0.2, 0) is 13.5 Å². The Morgan fingerprint density at radius 3 is 2.37 bits per heavy atom. The second kappa shape index (κ2) is 8.20. The van der Waals surface area contributed by atoms with Gasteiger partial charge in [0.25, 0.3) is 0 Å². The minimum atomic E-state index is -1.85. The molecule has 0 bridgehead atoms. The summed E-state index contributed by atoms with van der Waals surface area (Å²) in [7, 11) is 0.0279. The molecule has 6 heteroatoms. The first-order chi connectivity index (χ1) is 12.6. The first-order valence-corrected chi connectivity index (χ1v) is 12.3. The minimum absolute atomic E-state index is 0.131. The van der Waals surface area contributed by atoms with Crippen LogP contribution in [0, 0.1) is 11.3 Å². The van der Waals surface area contributed by atoms with Gasteiger partial charge in [-0.25, -0.2) is 0 Å². The predicted octanol–water partition coefficient (Wildman–Crippen LogP) is 4.95. The number of aliphatic hydroxyl groups excluding tert-OH is 1. The highest BCUT2D eigenvalue weighted by molar-refractivity contribution is 6.74. The number of benzene rings is 1. The maximum absolute atomic E-state index is 9.30. The Morgan fingerprint density at radius 2 is 1.85 bits per heavy atom. The fourth-order valence-electron chi connectivity index (χ4n) is 2.62. The van der Waals surface area contributed by atoms with Gasteiger partial charge in [0.2, 0.25) is 8.32 Å². The van der Waals surface area contributed by atoms with E-state index in [4.69, 9.17) is 9.53 Å². The summed E-state index contributed by atoms with van der Waals surface area (Å²) < 4.78 is 8.21. The van der Waals surface area contributed by atoms with Gasteiger partial charge in [0.1, 0.15) is 17.5 Å². The number of rotatable bonds is 7. The SMILES string of the molecule is Cn1c(C#N)cc(Nc2ccc(O[Si](C)(C)C(C)(C)C)cc2)c1CCCO. The van der Waals surface area contributed by atoms with Crippen molar-refractivity contribution < 1.29 is 9.53 Å². The molecule has 0 aliphatic carbocycles. The van der Waals surface area contributed by atoms with Crippen LogP contribution in [0.15, 0.2) is 30.3 Å². The van der Waals surface area contributed by atoms with Crippen molar-refractivity contribution in [1.82, 2.24) is 4.57 Å².